The van der Waals surface area contributed by atoms with Crippen molar-refractivity contribution in [3.63, 3.8) is 0 Å². The van der Waals surface area contributed by atoms with E-state index >= 15 is 0 Å². The molecule has 2 heterocycles. The molecular formula is C14H17N5O. The number of nitrogens with zero attached hydrogens (tertiary/aromatic N) is 3. The van der Waals surface area contributed by atoms with Gasteiger partial charge in [-0.05, 0) is 43.7 Å². The first-order valence-corrected chi connectivity index (χ1v) is 6.79. The van der Waals surface area contributed by atoms with Crippen molar-refractivity contribution in [3.05, 3.63) is 42.5 Å². The van der Waals surface area contributed by atoms with Crippen LogP contribution < -0.4 is 10.6 Å². The third kappa shape index (κ3) is 2.85. The quantitative estimate of drug-likeness (QED) is 0.864. The third-order valence-corrected chi connectivity index (χ3v) is 3.44. The maximum absolute atomic E-state index is 12.1. The fourth-order valence-electron chi connectivity index (χ4n) is 2.35. The minimum Gasteiger partial charge on any atom is -0.348 e. The molecule has 1 aliphatic heterocycles. The Morgan fingerprint density at radius 2 is 2.20 bits per heavy atom. The van der Waals surface area contributed by atoms with Gasteiger partial charge >= 0.3 is 0 Å². The van der Waals surface area contributed by atoms with E-state index in [4.69, 9.17) is 0 Å². The Kier molecular flexibility index (Phi) is 3.73. The Bertz CT molecular complexity index is 558. The summed E-state index contributed by atoms with van der Waals surface area (Å²) in [6.45, 7) is 1.89. The molecule has 0 spiro atoms. The SMILES string of the molecule is O=C(N[C@H]1CCCNC1)c1ccc(-n2cncn2)cc1. The molecule has 1 fully saturated rings. The zero-order valence-corrected chi connectivity index (χ0v) is 11.1. The predicted octanol–water partition coefficient (Wildman–Crippen LogP) is 0.749. The van der Waals surface area contributed by atoms with Gasteiger partial charge in [-0.25, -0.2) is 9.67 Å². The molecule has 0 bridgehead atoms. The number of hydrogen-bond donors (Lipinski definition) is 2. The van der Waals surface area contributed by atoms with E-state index in [1.165, 1.54) is 6.33 Å². The maximum Gasteiger partial charge on any atom is 0.251 e. The van der Waals surface area contributed by atoms with Crippen molar-refractivity contribution in [2.45, 2.75) is 18.9 Å². The molecule has 1 saturated heterocycles. The van der Waals surface area contributed by atoms with E-state index in [1.807, 2.05) is 24.3 Å². The van der Waals surface area contributed by atoms with Gasteiger partial charge in [0.25, 0.3) is 5.91 Å². The molecule has 0 radical (unpaired) electrons. The molecule has 1 amide bonds. The van der Waals surface area contributed by atoms with Crippen molar-refractivity contribution < 1.29 is 4.79 Å². The highest BCUT2D eigenvalue weighted by molar-refractivity contribution is 5.94. The van der Waals surface area contributed by atoms with Crippen LogP contribution in [0.4, 0.5) is 0 Å². The van der Waals surface area contributed by atoms with E-state index < -0.39 is 0 Å². The average molecular weight is 271 g/mol. The summed E-state index contributed by atoms with van der Waals surface area (Å²) in [6.07, 6.45) is 5.26. The molecule has 1 atom stereocenters. The van der Waals surface area contributed by atoms with Gasteiger partial charge in [0.15, 0.2) is 0 Å². The lowest BCUT2D eigenvalue weighted by atomic mass is 10.1. The summed E-state index contributed by atoms with van der Waals surface area (Å²) in [6, 6.07) is 7.57. The van der Waals surface area contributed by atoms with Gasteiger partial charge in [-0.2, -0.15) is 5.10 Å². The predicted molar refractivity (Wildman–Crippen MR) is 74.7 cm³/mol. The number of carbonyl (C=O) groups is 1. The number of nitrogens with one attached hydrogen (secondary N) is 2. The Balaban J connectivity index is 1.66. The molecule has 6 heteroatoms. The Hall–Kier alpha value is -2.21. The van der Waals surface area contributed by atoms with Gasteiger partial charge in [0, 0.05) is 18.2 Å². The van der Waals surface area contributed by atoms with Gasteiger partial charge in [-0.15, -0.1) is 0 Å². The number of benzene rings is 1. The highest BCUT2D eigenvalue weighted by atomic mass is 16.1. The van der Waals surface area contributed by atoms with Crippen LogP contribution in [-0.4, -0.2) is 39.8 Å². The lowest BCUT2D eigenvalue weighted by Gasteiger charge is -2.23. The lowest BCUT2D eigenvalue weighted by Crippen LogP contribution is -2.45. The van der Waals surface area contributed by atoms with E-state index in [2.05, 4.69) is 20.7 Å². The van der Waals surface area contributed by atoms with E-state index in [9.17, 15) is 4.79 Å². The van der Waals surface area contributed by atoms with Crippen LogP contribution in [0, 0.1) is 0 Å². The molecule has 0 unspecified atom stereocenters. The van der Waals surface area contributed by atoms with Crippen LogP contribution in [0.2, 0.25) is 0 Å². The monoisotopic (exact) mass is 271 g/mol. The van der Waals surface area contributed by atoms with Crippen LogP contribution in [0.5, 0.6) is 0 Å². The van der Waals surface area contributed by atoms with Crippen LogP contribution in [0.15, 0.2) is 36.9 Å². The van der Waals surface area contributed by atoms with Crippen molar-refractivity contribution in [2.75, 3.05) is 13.1 Å². The number of piperidine rings is 1. The van der Waals surface area contributed by atoms with Crippen LogP contribution in [0.3, 0.4) is 0 Å². The van der Waals surface area contributed by atoms with Crippen molar-refractivity contribution >= 4 is 5.91 Å². The summed E-state index contributed by atoms with van der Waals surface area (Å²) in [5.74, 6) is -0.0242. The van der Waals surface area contributed by atoms with Crippen molar-refractivity contribution in [2.24, 2.45) is 0 Å². The van der Waals surface area contributed by atoms with Crippen LogP contribution >= 0.6 is 0 Å². The van der Waals surface area contributed by atoms with Crippen LogP contribution in [-0.2, 0) is 0 Å². The molecule has 6 nitrogen and oxygen atoms in total. The summed E-state index contributed by atoms with van der Waals surface area (Å²) < 4.78 is 1.66. The van der Waals surface area contributed by atoms with E-state index in [0.717, 1.165) is 31.6 Å². The number of aromatic nitrogens is 3. The lowest BCUT2D eigenvalue weighted by molar-refractivity contribution is 0.0930. The Morgan fingerprint density at radius 3 is 2.85 bits per heavy atom. The molecule has 3 rings (SSSR count). The van der Waals surface area contributed by atoms with E-state index in [1.54, 1.807) is 11.0 Å². The molecule has 20 heavy (non-hydrogen) atoms. The second-order valence-electron chi connectivity index (χ2n) is 4.90. The topological polar surface area (TPSA) is 71.8 Å². The number of hydrogen-bond acceptors (Lipinski definition) is 4. The molecule has 1 aromatic carbocycles. The van der Waals surface area contributed by atoms with Gasteiger partial charge < -0.3 is 10.6 Å². The van der Waals surface area contributed by atoms with Gasteiger partial charge in [0.05, 0.1) is 5.69 Å². The van der Waals surface area contributed by atoms with E-state index in [-0.39, 0.29) is 11.9 Å². The second-order valence-corrected chi connectivity index (χ2v) is 4.90. The summed E-state index contributed by atoms with van der Waals surface area (Å²) in [7, 11) is 0. The Morgan fingerprint density at radius 1 is 1.35 bits per heavy atom. The molecule has 1 aliphatic rings. The van der Waals surface area contributed by atoms with Gasteiger partial charge in [0.1, 0.15) is 12.7 Å². The van der Waals surface area contributed by atoms with Gasteiger partial charge in [0.2, 0.25) is 0 Å². The fraction of sp³-hybridized carbons (Fsp3) is 0.357. The normalized spacial score (nSPS) is 18.7. The zero-order chi connectivity index (χ0) is 13.8. The summed E-state index contributed by atoms with van der Waals surface area (Å²) >= 11 is 0. The minimum absolute atomic E-state index is 0.0242. The van der Waals surface area contributed by atoms with Gasteiger partial charge in [-0.1, -0.05) is 0 Å². The third-order valence-electron chi connectivity index (χ3n) is 3.44. The van der Waals surface area contributed by atoms with Crippen molar-refractivity contribution in [3.8, 4) is 5.69 Å². The highest BCUT2D eigenvalue weighted by Crippen LogP contribution is 2.09. The van der Waals surface area contributed by atoms with Crippen LogP contribution in [0.25, 0.3) is 5.69 Å². The van der Waals surface area contributed by atoms with Crippen molar-refractivity contribution in [1.29, 1.82) is 0 Å². The molecule has 2 aromatic rings. The summed E-state index contributed by atoms with van der Waals surface area (Å²) in [5, 5.41) is 10.4. The molecule has 2 N–H and O–H groups in total. The Labute approximate surface area is 117 Å². The molecular weight excluding hydrogens is 254 g/mol. The highest BCUT2D eigenvalue weighted by Gasteiger charge is 2.16. The smallest absolute Gasteiger partial charge is 0.251 e. The standard InChI is InChI=1S/C14H17N5O/c20-14(18-12-2-1-7-15-8-12)11-3-5-13(6-4-11)19-10-16-9-17-19/h3-6,9-10,12,15H,1-2,7-8H2,(H,18,20)/t12-/m0/s1. The van der Waals surface area contributed by atoms with Crippen LogP contribution in [0.1, 0.15) is 23.2 Å². The molecule has 104 valence electrons. The molecule has 0 aliphatic carbocycles. The first-order valence-electron chi connectivity index (χ1n) is 6.79. The fourth-order valence-corrected chi connectivity index (χ4v) is 2.35. The first kappa shape index (κ1) is 12.8. The number of amides is 1. The first-order chi connectivity index (χ1) is 9.83. The summed E-state index contributed by atoms with van der Waals surface area (Å²) in [5.41, 5.74) is 1.55. The maximum atomic E-state index is 12.1. The summed E-state index contributed by atoms with van der Waals surface area (Å²) in [4.78, 5) is 16.0. The average Bonchev–Trinajstić information content (AvgIpc) is 3.03. The second kappa shape index (κ2) is 5.83. The molecule has 1 aromatic heterocycles. The number of carbonyl (C=O) groups excluding carboxylic acids is 1. The molecule has 0 saturated carbocycles. The van der Waals surface area contributed by atoms with E-state index in [0.29, 0.717) is 5.56 Å². The zero-order valence-electron chi connectivity index (χ0n) is 11.1. The van der Waals surface area contributed by atoms with Crippen molar-refractivity contribution in [1.82, 2.24) is 25.4 Å². The minimum atomic E-state index is -0.0242. The number of rotatable bonds is 3. The largest absolute Gasteiger partial charge is 0.348 e. The van der Waals surface area contributed by atoms with Gasteiger partial charge in [-0.3, -0.25) is 4.79 Å².